The Bertz CT molecular complexity index is 1070. The summed E-state index contributed by atoms with van der Waals surface area (Å²) < 4.78 is 55.9. The molecule has 0 fully saturated rings. The minimum atomic E-state index is -3.54. The molecule has 0 bridgehead atoms. The minimum absolute atomic E-state index is 0.0143. The molecule has 33 heavy (non-hydrogen) atoms. The van der Waals surface area contributed by atoms with E-state index in [1.54, 1.807) is 35.5 Å². The molecule has 8 nitrogen and oxygen atoms in total. The van der Waals surface area contributed by atoms with Gasteiger partial charge in [-0.3, -0.25) is 4.18 Å². The van der Waals surface area contributed by atoms with Crippen LogP contribution in [-0.2, 0) is 19.0 Å². The zero-order valence-electron chi connectivity index (χ0n) is 19.9. The smallest absolute Gasteiger partial charge is 0.264 e. The summed E-state index contributed by atoms with van der Waals surface area (Å²) in [6, 6.07) is 9.85. The minimum Gasteiger partial charge on any atom is -0.493 e. The Morgan fingerprint density at radius 1 is 0.788 bits per heavy atom. The van der Waals surface area contributed by atoms with E-state index in [2.05, 4.69) is 0 Å². The van der Waals surface area contributed by atoms with Crippen molar-refractivity contribution in [1.29, 1.82) is 0 Å². The molecule has 2 aromatic carbocycles. The van der Waals surface area contributed by atoms with Gasteiger partial charge in [0.15, 0.2) is 23.0 Å². The first-order valence-electron chi connectivity index (χ1n) is 10.6. The van der Waals surface area contributed by atoms with Crippen LogP contribution in [0.3, 0.4) is 0 Å². The van der Waals surface area contributed by atoms with E-state index in [9.17, 15) is 8.42 Å². The van der Waals surface area contributed by atoms with E-state index < -0.39 is 10.1 Å². The largest absolute Gasteiger partial charge is 0.493 e. The average molecular weight is 481 g/mol. The molecule has 0 spiro atoms. The Labute approximate surface area is 195 Å². The van der Waals surface area contributed by atoms with Crippen LogP contribution in [0, 0.1) is 5.92 Å². The maximum absolute atomic E-state index is 11.5. The van der Waals surface area contributed by atoms with Crippen LogP contribution in [-0.4, -0.2) is 63.4 Å². The first kappa shape index (κ1) is 25.1. The molecule has 1 aliphatic carbocycles. The third kappa shape index (κ3) is 5.37. The summed E-state index contributed by atoms with van der Waals surface area (Å²) in [5.41, 5.74) is 3.17. The lowest BCUT2D eigenvalue weighted by molar-refractivity contribution is 0.130. The Morgan fingerprint density at radius 3 is 1.91 bits per heavy atom. The zero-order chi connectivity index (χ0) is 24.2. The lowest BCUT2D eigenvalue weighted by atomic mass is 9.81. The van der Waals surface area contributed by atoms with Gasteiger partial charge in [-0.15, -0.1) is 0 Å². The standard InChI is InChI=1S/C24H32O8S/c1-27-14-19-16(9-10-32-33(6,25)26)17-12-22(30-4)23(31-5)13-18(17)24(19)15-7-8-20(28-2)21(11-15)29-3/h7-8,11-13,16,19,24H,9-10,14H2,1-6H3. The van der Waals surface area contributed by atoms with Crippen molar-refractivity contribution < 1.29 is 36.3 Å². The quantitative estimate of drug-likeness (QED) is 0.451. The van der Waals surface area contributed by atoms with Gasteiger partial charge in [0.25, 0.3) is 10.1 Å². The van der Waals surface area contributed by atoms with Crippen LogP contribution in [0.15, 0.2) is 30.3 Å². The molecule has 3 unspecified atom stereocenters. The fourth-order valence-corrected chi connectivity index (χ4v) is 5.17. The molecular formula is C24H32O8S. The van der Waals surface area contributed by atoms with Crippen molar-refractivity contribution in [2.24, 2.45) is 5.92 Å². The predicted molar refractivity (Wildman–Crippen MR) is 124 cm³/mol. The average Bonchev–Trinajstić information content (AvgIpc) is 3.09. The van der Waals surface area contributed by atoms with Crippen molar-refractivity contribution in [3.05, 3.63) is 47.0 Å². The highest BCUT2D eigenvalue weighted by atomic mass is 32.2. The number of methoxy groups -OCH3 is 5. The van der Waals surface area contributed by atoms with Gasteiger partial charge in [0.1, 0.15) is 0 Å². The molecule has 0 radical (unpaired) electrons. The zero-order valence-corrected chi connectivity index (χ0v) is 20.7. The summed E-state index contributed by atoms with van der Waals surface area (Å²) in [5.74, 6) is 2.51. The fraction of sp³-hybridized carbons (Fsp3) is 0.500. The predicted octanol–water partition coefficient (Wildman–Crippen LogP) is 3.58. The second-order valence-electron chi connectivity index (χ2n) is 7.97. The lowest BCUT2D eigenvalue weighted by Crippen LogP contribution is -2.21. The summed E-state index contributed by atoms with van der Waals surface area (Å²) in [6.45, 7) is 0.554. The molecule has 0 amide bonds. The van der Waals surface area contributed by atoms with Crippen LogP contribution in [0.5, 0.6) is 23.0 Å². The van der Waals surface area contributed by atoms with Gasteiger partial charge in [-0.1, -0.05) is 6.07 Å². The Morgan fingerprint density at radius 2 is 1.36 bits per heavy atom. The number of rotatable bonds is 11. The highest BCUT2D eigenvalue weighted by Crippen LogP contribution is 2.54. The Kier molecular flexibility index (Phi) is 8.10. The van der Waals surface area contributed by atoms with Gasteiger partial charge in [0.2, 0.25) is 0 Å². The van der Waals surface area contributed by atoms with Crippen molar-refractivity contribution in [1.82, 2.24) is 0 Å². The van der Waals surface area contributed by atoms with Gasteiger partial charge in [-0.25, -0.2) is 0 Å². The molecule has 3 atom stereocenters. The van der Waals surface area contributed by atoms with Crippen molar-refractivity contribution >= 4 is 10.1 Å². The summed E-state index contributed by atoms with van der Waals surface area (Å²) in [7, 11) is 4.54. The van der Waals surface area contributed by atoms with E-state index in [0.29, 0.717) is 36.0 Å². The SMILES string of the molecule is COCC1C(CCOS(C)(=O)=O)c2cc(OC)c(OC)cc2C1c1ccc(OC)c(OC)c1. The van der Waals surface area contributed by atoms with Crippen molar-refractivity contribution in [2.45, 2.75) is 18.3 Å². The topological polar surface area (TPSA) is 89.5 Å². The normalized spacial score (nSPS) is 19.8. The molecule has 0 N–H and O–H groups in total. The molecule has 1 aliphatic rings. The van der Waals surface area contributed by atoms with Crippen LogP contribution >= 0.6 is 0 Å². The number of ether oxygens (including phenoxy) is 5. The lowest BCUT2D eigenvalue weighted by Gasteiger charge is -2.26. The summed E-state index contributed by atoms with van der Waals surface area (Å²) in [5, 5.41) is 0. The molecule has 3 rings (SSSR count). The monoisotopic (exact) mass is 480 g/mol. The van der Waals surface area contributed by atoms with Crippen LogP contribution in [0.2, 0.25) is 0 Å². The highest BCUT2D eigenvalue weighted by molar-refractivity contribution is 7.85. The first-order valence-corrected chi connectivity index (χ1v) is 12.4. The summed E-state index contributed by atoms with van der Waals surface area (Å²) in [6.07, 6.45) is 1.57. The Balaban J connectivity index is 2.14. The molecule has 182 valence electrons. The van der Waals surface area contributed by atoms with Crippen LogP contribution in [0.1, 0.15) is 34.9 Å². The van der Waals surface area contributed by atoms with Gasteiger partial charge in [-0.05, 0) is 53.3 Å². The van der Waals surface area contributed by atoms with Crippen molar-refractivity contribution in [2.75, 3.05) is 55.0 Å². The van der Waals surface area contributed by atoms with Crippen molar-refractivity contribution in [3.63, 3.8) is 0 Å². The third-order valence-corrected chi connectivity index (χ3v) is 6.72. The molecule has 0 saturated heterocycles. The van der Waals surface area contributed by atoms with E-state index in [-0.39, 0.29) is 24.4 Å². The van der Waals surface area contributed by atoms with Gasteiger partial charge in [-0.2, -0.15) is 8.42 Å². The number of fused-ring (bicyclic) bond motifs is 1. The fourth-order valence-electron chi connectivity index (χ4n) is 4.77. The molecule has 0 saturated carbocycles. The molecule has 0 heterocycles. The second kappa shape index (κ2) is 10.6. The molecule has 0 aliphatic heterocycles. The van der Waals surface area contributed by atoms with Crippen LogP contribution < -0.4 is 18.9 Å². The third-order valence-electron chi connectivity index (χ3n) is 6.12. The summed E-state index contributed by atoms with van der Waals surface area (Å²) >= 11 is 0. The molecular weight excluding hydrogens is 448 g/mol. The Hall–Kier alpha value is -2.49. The van der Waals surface area contributed by atoms with Crippen LogP contribution in [0.25, 0.3) is 0 Å². The molecule has 9 heteroatoms. The summed E-state index contributed by atoms with van der Waals surface area (Å²) in [4.78, 5) is 0. The van der Waals surface area contributed by atoms with E-state index in [0.717, 1.165) is 22.9 Å². The number of hydrogen-bond donors (Lipinski definition) is 0. The number of hydrogen-bond acceptors (Lipinski definition) is 8. The number of benzene rings is 2. The second-order valence-corrected chi connectivity index (χ2v) is 9.61. The van der Waals surface area contributed by atoms with E-state index in [1.165, 1.54) is 0 Å². The van der Waals surface area contributed by atoms with E-state index in [4.69, 9.17) is 27.9 Å². The first-order chi connectivity index (χ1) is 15.8. The van der Waals surface area contributed by atoms with Gasteiger partial charge < -0.3 is 23.7 Å². The highest BCUT2D eigenvalue weighted by Gasteiger charge is 2.42. The van der Waals surface area contributed by atoms with E-state index >= 15 is 0 Å². The van der Waals surface area contributed by atoms with Gasteiger partial charge >= 0.3 is 0 Å². The maximum Gasteiger partial charge on any atom is 0.264 e. The van der Waals surface area contributed by atoms with Crippen LogP contribution in [0.4, 0.5) is 0 Å². The molecule has 2 aromatic rings. The van der Waals surface area contributed by atoms with E-state index in [1.807, 2.05) is 30.3 Å². The van der Waals surface area contributed by atoms with Crippen molar-refractivity contribution in [3.8, 4) is 23.0 Å². The van der Waals surface area contributed by atoms with Gasteiger partial charge in [0.05, 0.1) is 47.9 Å². The van der Waals surface area contributed by atoms with Gasteiger partial charge in [0, 0.05) is 18.9 Å². The molecule has 0 aromatic heterocycles. The maximum atomic E-state index is 11.5.